The molecule has 0 fully saturated rings. The van der Waals surface area contributed by atoms with E-state index in [1.807, 2.05) is 0 Å². The van der Waals surface area contributed by atoms with Crippen LogP contribution in [0.2, 0.25) is 0 Å². The molecule has 0 atom stereocenters. The summed E-state index contributed by atoms with van der Waals surface area (Å²) in [6.45, 7) is 0. The SMILES string of the molecule is COC(=O)Nc1cc([N+](=O)[O-])cc([N+](=O)[O-])c1N(C)C. The second-order valence-electron chi connectivity index (χ2n) is 3.89. The van der Waals surface area contributed by atoms with Crippen LogP contribution in [0.1, 0.15) is 0 Å². The van der Waals surface area contributed by atoms with Crippen molar-refractivity contribution in [2.45, 2.75) is 0 Å². The summed E-state index contributed by atoms with van der Waals surface area (Å²) in [4.78, 5) is 32.9. The number of nitrogens with zero attached hydrogens (tertiary/aromatic N) is 3. The molecule has 20 heavy (non-hydrogen) atoms. The molecule has 0 spiro atoms. The fourth-order valence-electron chi connectivity index (χ4n) is 1.58. The fourth-order valence-corrected chi connectivity index (χ4v) is 1.58. The number of anilines is 2. The largest absolute Gasteiger partial charge is 0.453 e. The number of nitrogens with one attached hydrogen (secondary N) is 1. The number of amides is 1. The van der Waals surface area contributed by atoms with E-state index in [0.717, 1.165) is 19.2 Å². The van der Waals surface area contributed by atoms with Crippen LogP contribution >= 0.6 is 0 Å². The number of carbonyl (C=O) groups excluding carboxylic acids is 1. The van der Waals surface area contributed by atoms with E-state index in [1.165, 1.54) is 19.0 Å². The Labute approximate surface area is 113 Å². The first-order valence-electron chi connectivity index (χ1n) is 5.27. The summed E-state index contributed by atoms with van der Waals surface area (Å²) in [5.74, 6) is 0. The van der Waals surface area contributed by atoms with Crippen LogP contribution in [0.3, 0.4) is 0 Å². The van der Waals surface area contributed by atoms with Crippen LogP contribution in [-0.2, 0) is 4.74 Å². The third-order valence-corrected chi connectivity index (χ3v) is 2.35. The van der Waals surface area contributed by atoms with Crippen molar-refractivity contribution in [3.05, 3.63) is 32.4 Å². The van der Waals surface area contributed by atoms with Crippen molar-refractivity contribution in [1.82, 2.24) is 0 Å². The van der Waals surface area contributed by atoms with Gasteiger partial charge in [-0.05, 0) is 0 Å². The molecular weight excluding hydrogens is 272 g/mol. The van der Waals surface area contributed by atoms with Gasteiger partial charge in [0.2, 0.25) is 0 Å². The lowest BCUT2D eigenvalue weighted by Gasteiger charge is -2.17. The average Bonchev–Trinajstić information content (AvgIpc) is 2.36. The lowest BCUT2D eigenvalue weighted by molar-refractivity contribution is -0.393. The Balaban J connectivity index is 3.54. The topological polar surface area (TPSA) is 128 Å². The Morgan fingerprint density at radius 1 is 1.25 bits per heavy atom. The number of hydrogen-bond donors (Lipinski definition) is 1. The zero-order valence-corrected chi connectivity index (χ0v) is 10.9. The number of nitro groups is 2. The summed E-state index contributed by atoms with van der Waals surface area (Å²) < 4.78 is 4.38. The number of hydrogen-bond acceptors (Lipinski definition) is 7. The van der Waals surface area contributed by atoms with Crippen LogP contribution in [0.5, 0.6) is 0 Å². The molecule has 0 bridgehead atoms. The van der Waals surface area contributed by atoms with Gasteiger partial charge in [-0.2, -0.15) is 0 Å². The molecule has 0 aromatic heterocycles. The van der Waals surface area contributed by atoms with Gasteiger partial charge in [0.25, 0.3) is 5.69 Å². The molecule has 1 aromatic carbocycles. The molecule has 0 heterocycles. The fraction of sp³-hybridized carbons (Fsp3) is 0.300. The van der Waals surface area contributed by atoms with Crippen molar-refractivity contribution >= 4 is 28.8 Å². The van der Waals surface area contributed by atoms with Gasteiger partial charge in [0.05, 0.1) is 28.7 Å². The number of ether oxygens (including phenoxy) is 1. The van der Waals surface area contributed by atoms with E-state index in [2.05, 4.69) is 10.1 Å². The van der Waals surface area contributed by atoms with Crippen molar-refractivity contribution in [3.8, 4) is 0 Å². The highest BCUT2D eigenvalue weighted by atomic mass is 16.6. The summed E-state index contributed by atoms with van der Waals surface area (Å²) >= 11 is 0. The minimum Gasteiger partial charge on any atom is -0.453 e. The molecule has 0 saturated carbocycles. The van der Waals surface area contributed by atoms with Gasteiger partial charge in [-0.25, -0.2) is 4.79 Å². The van der Waals surface area contributed by atoms with Crippen LogP contribution in [0.15, 0.2) is 12.1 Å². The number of rotatable bonds is 4. The molecule has 1 rings (SSSR count). The van der Waals surface area contributed by atoms with Gasteiger partial charge < -0.3 is 9.64 Å². The van der Waals surface area contributed by atoms with E-state index in [0.29, 0.717) is 0 Å². The third-order valence-electron chi connectivity index (χ3n) is 2.35. The number of methoxy groups -OCH3 is 1. The second kappa shape index (κ2) is 5.82. The maximum atomic E-state index is 11.2. The van der Waals surface area contributed by atoms with E-state index < -0.39 is 27.3 Å². The van der Waals surface area contributed by atoms with E-state index in [4.69, 9.17) is 0 Å². The molecular formula is C10H12N4O6. The molecule has 0 saturated heterocycles. The standard InChI is InChI=1S/C10H12N4O6/c1-12(2)9-7(11-10(15)20-3)4-6(13(16)17)5-8(9)14(18)19/h4-5H,1-3H3,(H,11,15). The summed E-state index contributed by atoms with van der Waals surface area (Å²) in [7, 11) is 4.13. The Morgan fingerprint density at radius 2 is 1.85 bits per heavy atom. The summed E-state index contributed by atoms with van der Waals surface area (Å²) in [6.07, 6.45) is -0.886. The van der Waals surface area contributed by atoms with Crippen molar-refractivity contribution in [2.24, 2.45) is 0 Å². The molecule has 1 aromatic rings. The molecule has 0 aliphatic rings. The van der Waals surface area contributed by atoms with E-state index in [9.17, 15) is 25.0 Å². The molecule has 0 aliphatic heterocycles. The van der Waals surface area contributed by atoms with Gasteiger partial charge in [-0.3, -0.25) is 25.5 Å². The molecule has 10 nitrogen and oxygen atoms in total. The highest BCUT2D eigenvalue weighted by Gasteiger charge is 2.26. The van der Waals surface area contributed by atoms with E-state index in [-0.39, 0.29) is 11.4 Å². The van der Waals surface area contributed by atoms with Gasteiger partial charge in [-0.1, -0.05) is 0 Å². The van der Waals surface area contributed by atoms with Gasteiger partial charge in [0, 0.05) is 20.2 Å². The van der Waals surface area contributed by atoms with Crippen LogP contribution in [-0.4, -0.2) is 37.1 Å². The molecule has 0 aliphatic carbocycles. The van der Waals surface area contributed by atoms with Crippen LogP contribution in [0, 0.1) is 20.2 Å². The monoisotopic (exact) mass is 284 g/mol. The number of non-ortho nitro benzene ring substituents is 1. The molecule has 0 radical (unpaired) electrons. The maximum Gasteiger partial charge on any atom is 0.411 e. The quantitative estimate of drug-likeness (QED) is 0.658. The minimum atomic E-state index is -0.886. The van der Waals surface area contributed by atoms with E-state index in [1.54, 1.807) is 0 Å². The van der Waals surface area contributed by atoms with Crippen molar-refractivity contribution in [3.63, 3.8) is 0 Å². The first-order chi connectivity index (χ1) is 9.27. The van der Waals surface area contributed by atoms with E-state index >= 15 is 0 Å². The van der Waals surface area contributed by atoms with Crippen LogP contribution < -0.4 is 10.2 Å². The highest BCUT2D eigenvalue weighted by Crippen LogP contribution is 2.38. The summed E-state index contributed by atoms with van der Waals surface area (Å²) in [5.41, 5.74) is -1.04. The van der Waals surface area contributed by atoms with Gasteiger partial charge in [-0.15, -0.1) is 0 Å². The minimum absolute atomic E-state index is 0.0333. The molecule has 108 valence electrons. The third kappa shape index (κ3) is 3.10. The zero-order valence-electron chi connectivity index (χ0n) is 10.9. The molecule has 1 amide bonds. The lowest BCUT2D eigenvalue weighted by atomic mass is 10.2. The molecule has 0 unspecified atom stereocenters. The first kappa shape index (κ1) is 15.1. The number of carbonyl (C=O) groups is 1. The second-order valence-corrected chi connectivity index (χ2v) is 3.89. The predicted octanol–water partition coefficient (Wildman–Crippen LogP) is 1.75. The Kier molecular flexibility index (Phi) is 4.41. The van der Waals surface area contributed by atoms with Gasteiger partial charge in [0.1, 0.15) is 5.69 Å². The number of nitro benzene ring substituents is 2. The zero-order chi connectivity index (χ0) is 15.4. The van der Waals surface area contributed by atoms with Crippen molar-refractivity contribution in [1.29, 1.82) is 0 Å². The summed E-state index contributed by atoms with van der Waals surface area (Å²) in [5, 5.41) is 24.0. The first-order valence-corrected chi connectivity index (χ1v) is 5.27. The smallest absolute Gasteiger partial charge is 0.411 e. The predicted molar refractivity (Wildman–Crippen MR) is 70.1 cm³/mol. The number of benzene rings is 1. The van der Waals surface area contributed by atoms with Crippen LogP contribution in [0.4, 0.5) is 27.5 Å². The Morgan fingerprint density at radius 3 is 2.25 bits per heavy atom. The van der Waals surface area contributed by atoms with Crippen molar-refractivity contribution < 1.29 is 19.4 Å². The summed E-state index contributed by atoms with van der Waals surface area (Å²) in [6, 6.07) is 1.86. The maximum absolute atomic E-state index is 11.2. The van der Waals surface area contributed by atoms with Crippen LogP contribution in [0.25, 0.3) is 0 Å². The molecule has 1 N–H and O–H groups in total. The molecule has 10 heteroatoms. The van der Waals surface area contributed by atoms with Crippen molar-refractivity contribution in [2.75, 3.05) is 31.4 Å². The Hall–Kier alpha value is -2.91. The highest BCUT2D eigenvalue weighted by molar-refractivity contribution is 5.93. The Bertz CT molecular complexity index is 571. The van der Waals surface area contributed by atoms with Gasteiger partial charge in [0.15, 0.2) is 0 Å². The van der Waals surface area contributed by atoms with Gasteiger partial charge >= 0.3 is 11.8 Å². The average molecular weight is 284 g/mol. The lowest BCUT2D eigenvalue weighted by Crippen LogP contribution is -2.18. The normalized spacial score (nSPS) is 9.75.